The number of carbonyl (C=O) groups is 2. The van der Waals surface area contributed by atoms with Crippen molar-refractivity contribution in [3.63, 3.8) is 0 Å². The molecule has 2 rings (SSSR count). The van der Waals surface area contributed by atoms with Gasteiger partial charge < -0.3 is 19.9 Å². The number of allylic oxidation sites excluding steroid dienone is 1. The number of hydrogen-bond donors (Lipinski definition) is 2. The number of methoxy groups -OCH3 is 1. The van der Waals surface area contributed by atoms with Gasteiger partial charge in [0.2, 0.25) is 0 Å². The molecule has 1 aromatic rings. The molecule has 1 fully saturated rings. The van der Waals surface area contributed by atoms with E-state index in [2.05, 4.69) is 11.9 Å². The van der Waals surface area contributed by atoms with Crippen molar-refractivity contribution in [3.05, 3.63) is 36.4 Å². The van der Waals surface area contributed by atoms with E-state index in [1.807, 2.05) is 12.1 Å². The van der Waals surface area contributed by atoms with Crippen molar-refractivity contribution in [2.45, 2.75) is 31.9 Å². The maximum absolute atomic E-state index is 12.1. The van der Waals surface area contributed by atoms with Gasteiger partial charge in [0.25, 0.3) is 5.91 Å². The van der Waals surface area contributed by atoms with Crippen LogP contribution in [0.2, 0.25) is 0 Å². The van der Waals surface area contributed by atoms with E-state index in [0.717, 1.165) is 10.5 Å². The van der Waals surface area contributed by atoms with E-state index in [4.69, 9.17) is 9.47 Å². The quantitative estimate of drug-likeness (QED) is 0.549. The Morgan fingerprint density at radius 2 is 2.08 bits per heavy atom. The van der Waals surface area contributed by atoms with Crippen LogP contribution in [0.25, 0.3) is 0 Å². The molecule has 0 saturated carbocycles. The van der Waals surface area contributed by atoms with E-state index in [0.29, 0.717) is 17.9 Å². The van der Waals surface area contributed by atoms with Crippen LogP contribution in [0.1, 0.15) is 19.4 Å². The Labute approximate surface area is 147 Å². The Kier molecular flexibility index (Phi) is 5.69. The number of benzene rings is 1. The highest BCUT2D eigenvalue weighted by molar-refractivity contribution is 6.06. The molecule has 1 aromatic carbocycles. The first-order valence-electron chi connectivity index (χ1n) is 8.01. The summed E-state index contributed by atoms with van der Waals surface area (Å²) in [6.45, 7) is 6.72. The van der Waals surface area contributed by atoms with Crippen LogP contribution >= 0.6 is 0 Å². The fourth-order valence-corrected chi connectivity index (χ4v) is 2.56. The molecule has 0 aliphatic carbocycles. The third-order valence-corrected chi connectivity index (χ3v) is 3.88. The van der Waals surface area contributed by atoms with Crippen LogP contribution in [-0.4, -0.2) is 53.8 Å². The summed E-state index contributed by atoms with van der Waals surface area (Å²) in [7, 11) is 1.53. The molecule has 0 aromatic heterocycles. The molecule has 0 spiro atoms. The molecule has 7 heteroatoms. The van der Waals surface area contributed by atoms with Crippen LogP contribution in [0.5, 0.6) is 11.5 Å². The molecule has 7 nitrogen and oxygen atoms in total. The number of aliphatic hydroxyl groups excluding tert-OH is 1. The number of nitrogens with one attached hydrogen (secondary N) is 1. The van der Waals surface area contributed by atoms with Crippen LogP contribution in [0.4, 0.5) is 4.79 Å². The molecule has 0 radical (unpaired) electrons. The second-order valence-electron chi connectivity index (χ2n) is 6.41. The molecule has 25 heavy (non-hydrogen) atoms. The number of nitrogens with zero attached hydrogens (tertiary/aromatic N) is 1. The van der Waals surface area contributed by atoms with E-state index in [1.165, 1.54) is 7.11 Å². The van der Waals surface area contributed by atoms with Gasteiger partial charge in [-0.15, -0.1) is 6.58 Å². The highest BCUT2D eigenvalue weighted by Gasteiger charge is 2.44. The number of urea groups is 1. The minimum absolute atomic E-state index is 0.0747. The third kappa shape index (κ3) is 4.30. The number of aliphatic hydroxyl groups is 1. The number of imide groups is 1. The van der Waals surface area contributed by atoms with Crippen molar-refractivity contribution >= 4 is 11.9 Å². The van der Waals surface area contributed by atoms with Crippen molar-refractivity contribution in [2.75, 3.05) is 20.3 Å². The predicted octanol–water partition coefficient (Wildman–Crippen LogP) is 1.49. The Balaban J connectivity index is 1.96. The Morgan fingerprint density at radius 3 is 2.64 bits per heavy atom. The Morgan fingerprint density at radius 1 is 1.36 bits per heavy atom. The molecule has 1 atom stereocenters. The molecule has 1 heterocycles. The van der Waals surface area contributed by atoms with Gasteiger partial charge in [-0.05, 0) is 38.0 Å². The topological polar surface area (TPSA) is 88.1 Å². The minimum Gasteiger partial charge on any atom is -0.493 e. The summed E-state index contributed by atoms with van der Waals surface area (Å²) in [5.74, 6) is 0.650. The van der Waals surface area contributed by atoms with Crippen molar-refractivity contribution in [1.82, 2.24) is 10.2 Å². The number of amides is 3. The van der Waals surface area contributed by atoms with E-state index in [-0.39, 0.29) is 19.1 Å². The van der Waals surface area contributed by atoms with Gasteiger partial charge in [0, 0.05) is 0 Å². The summed E-state index contributed by atoms with van der Waals surface area (Å²) in [4.78, 5) is 24.9. The fourth-order valence-electron chi connectivity index (χ4n) is 2.56. The van der Waals surface area contributed by atoms with Gasteiger partial charge >= 0.3 is 6.03 Å². The first-order valence-corrected chi connectivity index (χ1v) is 8.01. The van der Waals surface area contributed by atoms with Crippen molar-refractivity contribution in [2.24, 2.45) is 0 Å². The second kappa shape index (κ2) is 7.57. The van der Waals surface area contributed by atoms with Crippen molar-refractivity contribution in [1.29, 1.82) is 0 Å². The van der Waals surface area contributed by atoms with Gasteiger partial charge in [-0.3, -0.25) is 9.69 Å². The lowest BCUT2D eigenvalue weighted by Crippen LogP contribution is -2.42. The third-order valence-electron chi connectivity index (χ3n) is 3.88. The number of rotatable bonds is 8. The highest BCUT2D eigenvalue weighted by atomic mass is 16.5. The largest absolute Gasteiger partial charge is 0.493 e. The lowest BCUT2D eigenvalue weighted by Gasteiger charge is -2.20. The fraction of sp³-hybridized carbons (Fsp3) is 0.444. The number of carbonyl (C=O) groups excluding carboxylic acids is 2. The van der Waals surface area contributed by atoms with Gasteiger partial charge in [0.1, 0.15) is 18.2 Å². The maximum atomic E-state index is 12.1. The number of β-amino-alcohol motifs (C(OH)–C–C–N with tert-alkyl or cyclic N) is 1. The van der Waals surface area contributed by atoms with E-state index >= 15 is 0 Å². The van der Waals surface area contributed by atoms with E-state index in [9.17, 15) is 14.7 Å². The lowest BCUT2D eigenvalue weighted by molar-refractivity contribution is -0.131. The summed E-state index contributed by atoms with van der Waals surface area (Å²) < 4.78 is 10.9. The summed E-state index contributed by atoms with van der Waals surface area (Å²) in [5.41, 5.74) is 0.0725. The van der Waals surface area contributed by atoms with Crippen LogP contribution in [0, 0.1) is 0 Å². The molecule has 1 saturated heterocycles. The predicted molar refractivity (Wildman–Crippen MR) is 92.7 cm³/mol. The van der Waals surface area contributed by atoms with Gasteiger partial charge in [-0.2, -0.15) is 0 Å². The normalized spacial score (nSPS) is 17.2. The number of hydrogen-bond acceptors (Lipinski definition) is 5. The first kappa shape index (κ1) is 18.8. The monoisotopic (exact) mass is 348 g/mol. The molecule has 0 unspecified atom stereocenters. The van der Waals surface area contributed by atoms with Crippen LogP contribution in [-0.2, 0) is 11.2 Å². The van der Waals surface area contributed by atoms with Crippen LogP contribution in [0.3, 0.4) is 0 Å². The van der Waals surface area contributed by atoms with Gasteiger partial charge in [-0.1, -0.05) is 12.1 Å². The maximum Gasteiger partial charge on any atom is 0.325 e. The van der Waals surface area contributed by atoms with E-state index in [1.54, 1.807) is 26.0 Å². The van der Waals surface area contributed by atoms with Gasteiger partial charge in [0.05, 0.1) is 13.7 Å². The second-order valence-corrected chi connectivity index (χ2v) is 6.41. The molecule has 136 valence electrons. The standard InChI is InChI=1S/C18H24N2O5/c1-5-6-12-7-8-14(15(9-12)24-4)25-11-13(21)10-20-16(22)18(2,3)19-17(20)23/h5,7-9,13,21H,1,6,10-11H2,2-4H3,(H,19,23)/t13-/m1/s1. The summed E-state index contributed by atoms with van der Waals surface area (Å²) in [6, 6.07) is 4.96. The lowest BCUT2D eigenvalue weighted by atomic mass is 10.1. The molecular weight excluding hydrogens is 324 g/mol. The van der Waals surface area contributed by atoms with Gasteiger partial charge in [-0.25, -0.2) is 4.79 Å². The number of ether oxygens (including phenoxy) is 2. The summed E-state index contributed by atoms with van der Waals surface area (Å²) in [6.07, 6.45) is 1.49. The van der Waals surface area contributed by atoms with Crippen LogP contribution < -0.4 is 14.8 Å². The average Bonchev–Trinajstić information content (AvgIpc) is 2.75. The first-order chi connectivity index (χ1) is 11.8. The zero-order valence-electron chi connectivity index (χ0n) is 14.7. The SMILES string of the molecule is C=CCc1ccc(OC[C@H](O)CN2C(=O)NC(C)(C)C2=O)c(OC)c1. The zero-order chi connectivity index (χ0) is 18.6. The van der Waals surface area contributed by atoms with E-state index < -0.39 is 17.7 Å². The van der Waals surface area contributed by atoms with Crippen LogP contribution in [0.15, 0.2) is 30.9 Å². The zero-order valence-corrected chi connectivity index (χ0v) is 14.7. The smallest absolute Gasteiger partial charge is 0.325 e. The summed E-state index contributed by atoms with van der Waals surface area (Å²) in [5, 5.41) is 12.7. The van der Waals surface area contributed by atoms with Crippen molar-refractivity contribution in [3.8, 4) is 11.5 Å². The Hall–Kier alpha value is -2.54. The summed E-state index contributed by atoms with van der Waals surface area (Å²) >= 11 is 0. The minimum atomic E-state index is -1.01. The molecule has 1 aliphatic heterocycles. The molecule has 0 bridgehead atoms. The van der Waals surface area contributed by atoms with Gasteiger partial charge in [0.15, 0.2) is 11.5 Å². The molecule has 2 N–H and O–H groups in total. The molecule has 3 amide bonds. The molecular formula is C18H24N2O5. The average molecular weight is 348 g/mol. The highest BCUT2D eigenvalue weighted by Crippen LogP contribution is 2.28. The Bertz CT molecular complexity index is 671. The van der Waals surface area contributed by atoms with Crippen molar-refractivity contribution < 1.29 is 24.2 Å². The molecule has 1 aliphatic rings.